The first kappa shape index (κ1) is 12.6. The Hall–Kier alpha value is -1.51. The summed E-state index contributed by atoms with van der Waals surface area (Å²) >= 11 is 0. The molecule has 0 spiro atoms. The van der Waals surface area contributed by atoms with Crippen LogP contribution in [-0.2, 0) is 0 Å². The van der Waals surface area contributed by atoms with E-state index in [4.69, 9.17) is 0 Å². The third kappa shape index (κ3) is 2.99. The van der Waals surface area contributed by atoms with Crippen LogP contribution in [0.2, 0.25) is 0 Å². The van der Waals surface area contributed by atoms with Crippen LogP contribution < -0.4 is 0 Å². The minimum atomic E-state index is -0.0888. The smallest absolute Gasteiger partial charge is 0.257 e. The fraction of sp³-hybridized carbons (Fsp3) is 0.462. The van der Waals surface area contributed by atoms with Gasteiger partial charge in [0.2, 0.25) is 0 Å². The Morgan fingerprint density at radius 2 is 2.00 bits per heavy atom. The molecule has 3 heteroatoms. The van der Waals surface area contributed by atoms with Gasteiger partial charge in [-0.25, -0.2) is 0 Å². The maximum atomic E-state index is 12.1. The van der Waals surface area contributed by atoms with Crippen LogP contribution in [0.25, 0.3) is 0 Å². The quantitative estimate of drug-likeness (QED) is 0.830. The molecule has 0 radical (unpaired) electrons. The van der Waals surface area contributed by atoms with Crippen molar-refractivity contribution >= 4 is 5.91 Å². The van der Waals surface area contributed by atoms with Gasteiger partial charge in [-0.1, -0.05) is 25.5 Å². The number of nitrogens with zero attached hydrogens (tertiary/aromatic N) is 1. The molecule has 16 heavy (non-hydrogen) atoms. The Morgan fingerprint density at radius 1 is 1.31 bits per heavy atom. The lowest BCUT2D eigenvalue weighted by molar-refractivity contribution is 0.0759. The molecule has 0 heterocycles. The van der Waals surface area contributed by atoms with Gasteiger partial charge in [-0.15, -0.1) is 0 Å². The summed E-state index contributed by atoms with van der Waals surface area (Å²) in [6.45, 7) is 5.47. The fourth-order valence-corrected chi connectivity index (χ4v) is 1.58. The first-order valence-corrected chi connectivity index (χ1v) is 5.78. The summed E-state index contributed by atoms with van der Waals surface area (Å²) in [5.41, 5.74) is 0.389. The van der Waals surface area contributed by atoms with Gasteiger partial charge in [-0.05, 0) is 25.5 Å². The van der Waals surface area contributed by atoms with Gasteiger partial charge in [0.05, 0.1) is 5.56 Å². The van der Waals surface area contributed by atoms with Gasteiger partial charge in [0, 0.05) is 13.1 Å². The minimum absolute atomic E-state index is 0.0578. The lowest BCUT2D eigenvalue weighted by Gasteiger charge is -2.20. The van der Waals surface area contributed by atoms with E-state index in [-0.39, 0.29) is 11.7 Å². The molecule has 88 valence electrons. The molecule has 0 saturated carbocycles. The number of rotatable bonds is 5. The number of hydrogen-bond donors (Lipinski definition) is 1. The van der Waals surface area contributed by atoms with Crippen molar-refractivity contribution in [1.29, 1.82) is 0 Å². The zero-order chi connectivity index (χ0) is 12.0. The molecule has 0 bridgehead atoms. The number of carbonyl (C=O) groups is 1. The molecule has 1 rings (SSSR count). The minimum Gasteiger partial charge on any atom is -0.507 e. The molecule has 0 fully saturated rings. The summed E-state index contributed by atoms with van der Waals surface area (Å²) in [4.78, 5) is 13.8. The van der Waals surface area contributed by atoms with Crippen molar-refractivity contribution in [3.8, 4) is 5.75 Å². The van der Waals surface area contributed by atoms with Crippen molar-refractivity contribution in [3.63, 3.8) is 0 Å². The van der Waals surface area contributed by atoms with E-state index >= 15 is 0 Å². The number of benzene rings is 1. The second-order valence-electron chi connectivity index (χ2n) is 3.76. The number of unbranched alkanes of at least 4 members (excludes halogenated alkanes) is 1. The maximum absolute atomic E-state index is 12.1. The molecular weight excluding hydrogens is 202 g/mol. The second kappa shape index (κ2) is 6.16. The van der Waals surface area contributed by atoms with E-state index in [2.05, 4.69) is 6.92 Å². The Bertz CT molecular complexity index is 350. The van der Waals surface area contributed by atoms with E-state index in [0.717, 1.165) is 19.4 Å². The van der Waals surface area contributed by atoms with Crippen LogP contribution in [0.5, 0.6) is 5.75 Å². The second-order valence-corrected chi connectivity index (χ2v) is 3.76. The summed E-state index contributed by atoms with van der Waals surface area (Å²) in [6.07, 6.45) is 2.05. The molecule has 0 unspecified atom stereocenters. The van der Waals surface area contributed by atoms with E-state index in [0.29, 0.717) is 12.1 Å². The normalized spacial score (nSPS) is 10.1. The predicted octanol–water partition coefficient (Wildman–Crippen LogP) is 2.65. The molecule has 0 aromatic heterocycles. The van der Waals surface area contributed by atoms with Gasteiger partial charge >= 0.3 is 0 Å². The predicted molar refractivity (Wildman–Crippen MR) is 64.6 cm³/mol. The molecule has 0 atom stereocenters. The number of amides is 1. The molecule has 3 nitrogen and oxygen atoms in total. The lowest BCUT2D eigenvalue weighted by atomic mass is 10.1. The number of hydrogen-bond acceptors (Lipinski definition) is 2. The highest BCUT2D eigenvalue weighted by Gasteiger charge is 2.16. The Balaban J connectivity index is 2.79. The average molecular weight is 221 g/mol. The zero-order valence-electron chi connectivity index (χ0n) is 9.94. The Kier molecular flexibility index (Phi) is 4.83. The zero-order valence-corrected chi connectivity index (χ0v) is 9.94. The van der Waals surface area contributed by atoms with E-state index in [1.807, 2.05) is 6.92 Å². The fourth-order valence-electron chi connectivity index (χ4n) is 1.58. The van der Waals surface area contributed by atoms with E-state index in [1.54, 1.807) is 29.2 Å². The number of phenolic OH excluding ortho intramolecular Hbond substituents is 1. The topological polar surface area (TPSA) is 40.5 Å². The first-order chi connectivity index (χ1) is 7.70. The lowest BCUT2D eigenvalue weighted by Crippen LogP contribution is -2.31. The SMILES string of the molecule is CCCCN(CC)C(=O)c1ccccc1O. The third-order valence-corrected chi connectivity index (χ3v) is 2.58. The third-order valence-electron chi connectivity index (χ3n) is 2.58. The van der Waals surface area contributed by atoms with E-state index in [1.165, 1.54) is 0 Å². The van der Waals surface area contributed by atoms with Crippen molar-refractivity contribution < 1.29 is 9.90 Å². The number of phenols is 1. The summed E-state index contributed by atoms with van der Waals surface area (Å²) in [5.74, 6) is -0.0310. The van der Waals surface area contributed by atoms with Gasteiger partial charge < -0.3 is 10.0 Å². The van der Waals surface area contributed by atoms with Gasteiger partial charge in [-0.2, -0.15) is 0 Å². The van der Waals surface area contributed by atoms with E-state index < -0.39 is 0 Å². The van der Waals surface area contributed by atoms with Crippen molar-refractivity contribution in [2.24, 2.45) is 0 Å². The van der Waals surface area contributed by atoms with Crippen molar-refractivity contribution in [2.45, 2.75) is 26.7 Å². The van der Waals surface area contributed by atoms with Crippen molar-refractivity contribution in [3.05, 3.63) is 29.8 Å². The Labute approximate surface area is 96.7 Å². The van der Waals surface area contributed by atoms with Crippen LogP contribution in [0.4, 0.5) is 0 Å². The number of carbonyl (C=O) groups excluding carboxylic acids is 1. The molecule has 1 amide bonds. The summed E-state index contributed by atoms with van der Waals surface area (Å²) < 4.78 is 0. The molecule has 1 aromatic carbocycles. The van der Waals surface area contributed by atoms with Gasteiger partial charge in [0.15, 0.2) is 0 Å². The van der Waals surface area contributed by atoms with Crippen molar-refractivity contribution in [1.82, 2.24) is 4.90 Å². The molecular formula is C13H19NO2. The van der Waals surface area contributed by atoms with Crippen LogP contribution >= 0.6 is 0 Å². The van der Waals surface area contributed by atoms with Gasteiger partial charge in [-0.3, -0.25) is 4.79 Å². The maximum Gasteiger partial charge on any atom is 0.257 e. The molecule has 1 N–H and O–H groups in total. The van der Waals surface area contributed by atoms with Crippen LogP contribution in [0.3, 0.4) is 0 Å². The van der Waals surface area contributed by atoms with Crippen LogP contribution in [0.1, 0.15) is 37.0 Å². The summed E-state index contributed by atoms with van der Waals surface area (Å²) in [6, 6.07) is 6.68. The van der Waals surface area contributed by atoms with Crippen LogP contribution in [0, 0.1) is 0 Å². The highest BCUT2D eigenvalue weighted by atomic mass is 16.3. The molecule has 0 aliphatic carbocycles. The molecule has 0 aliphatic heterocycles. The standard InChI is InChI=1S/C13H19NO2/c1-3-5-10-14(4-2)13(16)11-8-6-7-9-12(11)15/h6-9,15H,3-5,10H2,1-2H3. The monoisotopic (exact) mass is 221 g/mol. The largest absolute Gasteiger partial charge is 0.507 e. The van der Waals surface area contributed by atoms with Gasteiger partial charge in [0.1, 0.15) is 5.75 Å². The number of para-hydroxylation sites is 1. The first-order valence-electron chi connectivity index (χ1n) is 5.78. The van der Waals surface area contributed by atoms with Crippen molar-refractivity contribution in [2.75, 3.05) is 13.1 Å². The molecule has 0 aliphatic rings. The van der Waals surface area contributed by atoms with Crippen LogP contribution in [0.15, 0.2) is 24.3 Å². The van der Waals surface area contributed by atoms with Gasteiger partial charge in [0.25, 0.3) is 5.91 Å². The number of aromatic hydroxyl groups is 1. The molecule has 0 saturated heterocycles. The van der Waals surface area contributed by atoms with E-state index in [9.17, 15) is 9.90 Å². The highest BCUT2D eigenvalue weighted by Crippen LogP contribution is 2.17. The van der Waals surface area contributed by atoms with Crippen LogP contribution in [-0.4, -0.2) is 29.0 Å². The molecule has 1 aromatic rings. The summed E-state index contributed by atoms with van der Waals surface area (Å²) in [5, 5.41) is 9.60. The average Bonchev–Trinajstić information content (AvgIpc) is 2.30. The highest BCUT2D eigenvalue weighted by molar-refractivity contribution is 5.96. The Morgan fingerprint density at radius 3 is 2.56 bits per heavy atom. The summed E-state index contributed by atoms with van der Waals surface area (Å²) in [7, 11) is 0.